The molecule has 0 aromatic carbocycles. The summed E-state index contributed by atoms with van der Waals surface area (Å²) in [6.07, 6.45) is 23.2. The molecule has 0 aromatic rings. The standard InChI is InChI=1S/C19H34O2/c1-3-4-5-6-7-8-9-10-11-12-13-14-15-16-17-18-19(20)21-2/h4-5,15-16H,3,6-14,17-18H2,1-2H3/b5-4+,16-15+. The van der Waals surface area contributed by atoms with Crippen LogP contribution in [0, 0.1) is 0 Å². The maximum Gasteiger partial charge on any atom is 0.305 e. The predicted molar refractivity (Wildman–Crippen MR) is 91.4 cm³/mol. The molecule has 0 radical (unpaired) electrons. The molecule has 0 rings (SSSR count). The fourth-order valence-electron chi connectivity index (χ4n) is 2.23. The van der Waals surface area contributed by atoms with Crippen LogP contribution >= 0.6 is 0 Å². The molecule has 2 nitrogen and oxygen atoms in total. The molecule has 0 saturated carbocycles. The molecule has 0 N–H and O–H groups in total. The van der Waals surface area contributed by atoms with Crippen molar-refractivity contribution < 1.29 is 9.53 Å². The minimum atomic E-state index is -0.121. The first-order chi connectivity index (χ1) is 10.3. The minimum Gasteiger partial charge on any atom is -0.469 e. The topological polar surface area (TPSA) is 26.3 Å². The summed E-state index contributed by atoms with van der Waals surface area (Å²) in [6, 6.07) is 0. The lowest BCUT2D eigenvalue weighted by Crippen LogP contribution is -1.97. The van der Waals surface area contributed by atoms with Crippen LogP contribution in [0.25, 0.3) is 0 Å². The Balaban J connectivity index is 3.13. The van der Waals surface area contributed by atoms with Gasteiger partial charge in [0.25, 0.3) is 0 Å². The number of methoxy groups -OCH3 is 1. The van der Waals surface area contributed by atoms with E-state index in [0.717, 1.165) is 19.3 Å². The van der Waals surface area contributed by atoms with E-state index in [2.05, 4.69) is 36.0 Å². The molecule has 0 aliphatic carbocycles. The van der Waals surface area contributed by atoms with Gasteiger partial charge in [0.15, 0.2) is 0 Å². The lowest BCUT2D eigenvalue weighted by atomic mass is 10.1. The van der Waals surface area contributed by atoms with E-state index in [1.165, 1.54) is 58.5 Å². The molecule has 0 spiro atoms. The summed E-state index contributed by atoms with van der Waals surface area (Å²) < 4.78 is 4.59. The third kappa shape index (κ3) is 16.9. The Labute approximate surface area is 131 Å². The summed E-state index contributed by atoms with van der Waals surface area (Å²) in [5.74, 6) is -0.121. The van der Waals surface area contributed by atoms with Crippen LogP contribution in [0.1, 0.15) is 84.0 Å². The first kappa shape index (κ1) is 19.9. The normalized spacial score (nSPS) is 11.5. The molecule has 0 saturated heterocycles. The van der Waals surface area contributed by atoms with Crippen LogP contribution in [-0.2, 0) is 9.53 Å². The van der Waals surface area contributed by atoms with E-state index in [9.17, 15) is 4.79 Å². The van der Waals surface area contributed by atoms with Gasteiger partial charge in [0.2, 0.25) is 0 Å². The molecule has 0 atom stereocenters. The summed E-state index contributed by atoms with van der Waals surface area (Å²) in [7, 11) is 1.44. The smallest absolute Gasteiger partial charge is 0.305 e. The van der Waals surface area contributed by atoms with Gasteiger partial charge in [-0.25, -0.2) is 0 Å². The van der Waals surface area contributed by atoms with Crippen molar-refractivity contribution in [2.24, 2.45) is 0 Å². The van der Waals surface area contributed by atoms with Crippen molar-refractivity contribution in [1.82, 2.24) is 0 Å². The first-order valence-electron chi connectivity index (χ1n) is 8.68. The quantitative estimate of drug-likeness (QED) is 0.224. The van der Waals surface area contributed by atoms with Gasteiger partial charge in [-0.3, -0.25) is 4.79 Å². The fourth-order valence-corrected chi connectivity index (χ4v) is 2.23. The molecule has 2 heteroatoms. The van der Waals surface area contributed by atoms with E-state index in [1.807, 2.05) is 0 Å². The Kier molecular flexibility index (Phi) is 16.2. The number of hydrogen-bond acceptors (Lipinski definition) is 2. The lowest BCUT2D eigenvalue weighted by Gasteiger charge is -2.00. The van der Waals surface area contributed by atoms with Crippen molar-refractivity contribution >= 4 is 5.97 Å². The van der Waals surface area contributed by atoms with Gasteiger partial charge in [-0.2, -0.15) is 0 Å². The zero-order valence-corrected chi connectivity index (χ0v) is 14.1. The molecule has 122 valence electrons. The van der Waals surface area contributed by atoms with Gasteiger partial charge in [-0.1, -0.05) is 63.3 Å². The number of hydrogen-bond donors (Lipinski definition) is 0. The molecule has 0 heterocycles. The van der Waals surface area contributed by atoms with E-state index < -0.39 is 0 Å². The number of rotatable bonds is 14. The zero-order chi connectivity index (χ0) is 15.6. The van der Waals surface area contributed by atoms with Crippen LogP contribution in [0.15, 0.2) is 24.3 Å². The number of carbonyl (C=O) groups excluding carboxylic acids is 1. The number of allylic oxidation sites excluding steroid dienone is 4. The minimum absolute atomic E-state index is 0.121. The SMILES string of the molecule is CC/C=C/CCCCCCCCC/C=C/CCC(=O)OC. The molecule has 0 aliphatic rings. The van der Waals surface area contributed by atoms with E-state index in [-0.39, 0.29) is 5.97 Å². The van der Waals surface area contributed by atoms with E-state index in [0.29, 0.717) is 6.42 Å². The Bertz CT molecular complexity index is 279. The van der Waals surface area contributed by atoms with E-state index in [1.54, 1.807) is 0 Å². The Morgan fingerprint density at radius 1 is 0.762 bits per heavy atom. The number of ether oxygens (including phenoxy) is 1. The van der Waals surface area contributed by atoms with Crippen molar-refractivity contribution in [3.63, 3.8) is 0 Å². The third-order valence-corrected chi connectivity index (χ3v) is 3.55. The maximum atomic E-state index is 10.9. The van der Waals surface area contributed by atoms with Crippen LogP contribution in [0.3, 0.4) is 0 Å². The monoisotopic (exact) mass is 294 g/mol. The van der Waals surface area contributed by atoms with Gasteiger partial charge in [0, 0.05) is 6.42 Å². The molecule has 0 unspecified atom stereocenters. The van der Waals surface area contributed by atoms with Crippen molar-refractivity contribution in [3.05, 3.63) is 24.3 Å². The Morgan fingerprint density at radius 2 is 1.24 bits per heavy atom. The highest BCUT2D eigenvalue weighted by Crippen LogP contribution is 2.10. The molecule has 0 aliphatic heterocycles. The highest BCUT2D eigenvalue weighted by atomic mass is 16.5. The molecule has 0 amide bonds. The van der Waals surface area contributed by atoms with Gasteiger partial charge in [0.1, 0.15) is 0 Å². The van der Waals surface area contributed by atoms with Gasteiger partial charge in [-0.15, -0.1) is 0 Å². The van der Waals surface area contributed by atoms with Gasteiger partial charge in [-0.05, 0) is 38.5 Å². The Hall–Kier alpha value is -1.05. The summed E-state index contributed by atoms with van der Waals surface area (Å²) in [5, 5.41) is 0. The average molecular weight is 294 g/mol. The second kappa shape index (κ2) is 17.0. The van der Waals surface area contributed by atoms with Crippen molar-refractivity contribution in [2.75, 3.05) is 7.11 Å². The molecule has 21 heavy (non-hydrogen) atoms. The number of esters is 1. The van der Waals surface area contributed by atoms with Crippen LogP contribution < -0.4 is 0 Å². The largest absolute Gasteiger partial charge is 0.469 e. The number of unbranched alkanes of at least 4 members (excludes halogenated alkanes) is 8. The molecular formula is C19H34O2. The van der Waals surface area contributed by atoms with Gasteiger partial charge < -0.3 is 4.74 Å². The fraction of sp³-hybridized carbons (Fsp3) is 0.737. The highest BCUT2D eigenvalue weighted by molar-refractivity contribution is 5.69. The molecule has 0 fully saturated rings. The summed E-state index contributed by atoms with van der Waals surface area (Å²) >= 11 is 0. The maximum absolute atomic E-state index is 10.9. The number of carbonyl (C=O) groups is 1. The first-order valence-corrected chi connectivity index (χ1v) is 8.68. The highest BCUT2D eigenvalue weighted by Gasteiger charge is 1.95. The van der Waals surface area contributed by atoms with Gasteiger partial charge in [0.05, 0.1) is 7.11 Å². The summed E-state index contributed by atoms with van der Waals surface area (Å²) in [5.41, 5.74) is 0. The Morgan fingerprint density at radius 3 is 1.76 bits per heavy atom. The molecule has 0 bridgehead atoms. The van der Waals surface area contributed by atoms with Crippen LogP contribution in [0.5, 0.6) is 0 Å². The zero-order valence-electron chi connectivity index (χ0n) is 14.1. The summed E-state index contributed by atoms with van der Waals surface area (Å²) in [6.45, 7) is 2.19. The van der Waals surface area contributed by atoms with Gasteiger partial charge >= 0.3 is 5.97 Å². The predicted octanol–water partition coefficient (Wildman–Crippen LogP) is 5.97. The molecular weight excluding hydrogens is 260 g/mol. The van der Waals surface area contributed by atoms with Crippen molar-refractivity contribution in [1.29, 1.82) is 0 Å². The van der Waals surface area contributed by atoms with E-state index in [4.69, 9.17) is 0 Å². The summed E-state index contributed by atoms with van der Waals surface area (Å²) in [4.78, 5) is 10.9. The van der Waals surface area contributed by atoms with Crippen LogP contribution in [-0.4, -0.2) is 13.1 Å². The van der Waals surface area contributed by atoms with Crippen molar-refractivity contribution in [3.8, 4) is 0 Å². The average Bonchev–Trinajstić information content (AvgIpc) is 2.50. The second-order valence-electron chi connectivity index (χ2n) is 5.52. The van der Waals surface area contributed by atoms with E-state index >= 15 is 0 Å². The second-order valence-corrected chi connectivity index (χ2v) is 5.52. The van der Waals surface area contributed by atoms with Crippen LogP contribution in [0.4, 0.5) is 0 Å². The third-order valence-electron chi connectivity index (χ3n) is 3.55. The lowest BCUT2D eigenvalue weighted by molar-refractivity contribution is -0.140. The van der Waals surface area contributed by atoms with Crippen LogP contribution in [0.2, 0.25) is 0 Å². The van der Waals surface area contributed by atoms with Crippen molar-refractivity contribution in [2.45, 2.75) is 84.0 Å². The molecule has 0 aromatic heterocycles.